The molecule has 9 nitrogen and oxygen atoms in total. The van der Waals surface area contributed by atoms with Gasteiger partial charge >= 0.3 is 5.97 Å². The van der Waals surface area contributed by atoms with E-state index in [1.54, 1.807) is 26.8 Å². The molecule has 0 aliphatic rings. The molecular weight excluding hydrogens is 421 g/mol. The van der Waals surface area contributed by atoms with Crippen LogP contribution in [0.1, 0.15) is 46.6 Å². The molecule has 0 aliphatic heterocycles. The number of carboxylic acids is 1. The third-order valence-corrected chi connectivity index (χ3v) is 4.85. The Hall–Kier alpha value is -3.04. The lowest BCUT2D eigenvalue weighted by molar-refractivity contribution is -0.486. The number of halogens is 1. The summed E-state index contributed by atoms with van der Waals surface area (Å²) in [6, 6.07) is 2.90. The van der Waals surface area contributed by atoms with Crippen molar-refractivity contribution >= 4 is 17.8 Å². The summed E-state index contributed by atoms with van der Waals surface area (Å²) in [7, 11) is 0. The number of nitrogens with one attached hydrogen (secondary N) is 2. The molecule has 2 amide bonds. The third kappa shape index (κ3) is 8.99. The fourth-order valence-corrected chi connectivity index (χ4v) is 3.30. The predicted octanol–water partition coefficient (Wildman–Crippen LogP) is 2.41. The van der Waals surface area contributed by atoms with E-state index >= 15 is 0 Å². The molecule has 1 aromatic carbocycles. The summed E-state index contributed by atoms with van der Waals surface area (Å²) in [5.74, 6) is -4.12. The van der Waals surface area contributed by atoms with E-state index in [4.69, 9.17) is 0 Å². The van der Waals surface area contributed by atoms with Crippen molar-refractivity contribution in [3.8, 4) is 0 Å². The zero-order chi connectivity index (χ0) is 24.6. The molecule has 0 fully saturated rings. The topological polar surface area (TPSA) is 139 Å². The molecule has 0 heterocycles. The van der Waals surface area contributed by atoms with E-state index in [2.05, 4.69) is 10.6 Å². The minimum Gasteiger partial charge on any atom is -0.480 e. The first-order valence-electron chi connectivity index (χ1n) is 10.4. The second-order valence-electron chi connectivity index (χ2n) is 9.38. The molecule has 1 aromatic rings. The van der Waals surface area contributed by atoms with Crippen LogP contribution in [0, 0.1) is 33.2 Å². The van der Waals surface area contributed by atoms with Crippen molar-refractivity contribution in [2.45, 2.75) is 59.5 Å². The van der Waals surface area contributed by atoms with Crippen molar-refractivity contribution < 1.29 is 28.8 Å². The number of nitrogens with zero attached hydrogens (tertiary/aromatic N) is 1. The number of benzene rings is 1. The molecule has 10 heteroatoms. The fraction of sp³-hybridized carbons (Fsp3) is 0.591. The number of amides is 2. The molecule has 178 valence electrons. The molecule has 0 saturated heterocycles. The van der Waals surface area contributed by atoms with Crippen LogP contribution in [0.5, 0.6) is 0 Å². The molecule has 32 heavy (non-hydrogen) atoms. The molecule has 0 saturated carbocycles. The van der Waals surface area contributed by atoms with E-state index in [0.717, 1.165) is 0 Å². The van der Waals surface area contributed by atoms with E-state index in [1.807, 2.05) is 13.8 Å². The van der Waals surface area contributed by atoms with Crippen molar-refractivity contribution in [2.75, 3.05) is 6.54 Å². The Morgan fingerprint density at radius 3 is 2.25 bits per heavy atom. The molecule has 0 unspecified atom stereocenters. The zero-order valence-electron chi connectivity index (χ0n) is 19.1. The van der Waals surface area contributed by atoms with Gasteiger partial charge in [-0.25, -0.2) is 9.18 Å². The lowest BCUT2D eigenvalue weighted by Gasteiger charge is -2.32. The third-order valence-electron chi connectivity index (χ3n) is 4.85. The Balaban J connectivity index is 3.03. The van der Waals surface area contributed by atoms with Crippen molar-refractivity contribution in [3.63, 3.8) is 0 Å². The highest BCUT2D eigenvalue weighted by Gasteiger charge is 2.37. The highest BCUT2D eigenvalue weighted by Crippen LogP contribution is 2.22. The molecule has 3 atom stereocenters. The maximum Gasteiger partial charge on any atom is 0.326 e. The van der Waals surface area contributed by atoms with Crippen LogP contribution < -0.4 is 10.6 Å². The van der Waals surface area contributed by atoms with Crippen LogP contribution in [0.3, 0.4) is 0 Å². The highest BCUT2D eigenvalue weighted by atomic mass is 19.1. The SMILES string of the molecule is CC(C)C[C@H](C[N+](=O)[O-])C(=O)N[C@H](C(=O)N[C@@H](Cc1cccc(F)c1)C(=O)O)C(C)(C)C. The second-order valence-corrected chi connectivity index (χ2v) is 9.38. The lowest BCUT2D eigenvalue weighted by Crippen LogP contribution is -2.58. The smallest absolute Gasteiger partial charge is 0.326 e. The van der Waals surface area contributed by atoms with Crippen LogP contribution in [-0.2, 0) is 20.8 Å². The molecule has 3 N–H and O–H groups in total. The van der Waals surface area contributed by atoms with Gasteiger partial charge < -0.3 is 15.7 Å². The number of nitro groups is 1. The van der Waals surface area contributed by atoms with E-state index in [1.165, 1.54) is 18.2 Å². The highest BCUT2D eigenvalue weighted by molar-refractivity contribution is 5.91. The van der Waals surface area contributed by atoms with Crippen LogP contribution in [-0.4, -0.2) is 46.4 Å². The first kappa shape index (κ1) is 27.0. The normalized spacial score (nSPS) is 14.3. The van der Waals surface area contributed by atoms with Crippen molar-refractivity contribution in [1.29, 1.82) is 0 Å². The molecule has 0 spiro atoms. The van der Waals surface area contributed by atoms with Crippen LogP contribution in [0.15, 0.2) is 24.3 Å². The Morgan fingerprint density at radius 1 is 1.16 bits per heavy atom. The summed E-state index contributed by atoms with van der Waals surface area (Å²) in [6.45, 7) is 8.15. The molecular formula is C22H32FN3O6. The molecule has 1 rings (SSSR count). The largest absolute Gasteiger partial charge is 0.480 e. The summed E-state index contributed by atoms with van der Waals surface area (Å²) in [5, 5.41) is 25.5. The second kappa shape index (κ2) is 11.5. The van der Waals surface area contributed by atoms with Crippen molar-refractivity contribution in [3.05, 3.63) is 45.8 Å². The summed E-state index contributed by atoms with van der Waals surface area (Å²) in [4.78, 5) is 47.8. The van der Waals surface area contributed by atoms with Crippen LogP contribution >= 0.6 is 0 Å². The average molecular weight is 454 g/mol. The maximum atomic E-state index is 13.4. The lowest BCUT2D eigenvalue weighted by atomic mass is 9.85. The molecule has 0 radical (unpaired) electrons. The van der Waals surface area contributed by atoms with Gasteiger partial charge in [0.15, 0.2) is 0 Å². The number of carboxylic acid groups (broad SMARTS) is 1. The summed E-state index contributed by atoms with van der Waals surface area (Å²) in [6.07, 6.45) is 0.115. The summed E-state index contributed by atoms with van der Waals surface area (Å²) < 4.78 is 13.4. The first-order valence-corrected chi connectivity index (χ1v) is 10.4. The van der Waals surface area contributed by atoms with Gasteiger partial charge in [0, 0.05) is 11.3 Å². The van der Waals surface area contributed by atoms with Crippen molar-refractivity contribution in [1.82, 2.24) is 10.6 Å². The van der Waals surface area contributed by atoms with E-state index in [-0.39, 0.29) is 18.8 Å². The Labute approximate surface area is 186 Å². The Morgan fingerprint density at radius 2 is 1.78 bits per heavy atom. The quantitative estimate of drug-likeness (QED) is 0.347. The zero-order valence-corrected chi connectivity index (χ0v) is 19.1. The van der Waals surface area contributed by atoms with Gasteiger partial charge in [-0.05, 0) is 35.4 Å². The summed E-state index contributed by atoms with van der Waals surface area (Å²) >= 11 is 0. The van der Waals surface area contributed by atoms with E-state index in [0.29, 0.717) is 5.56 Å². The van der Waals surface area contributed by atoms with Gasteiger partial charge in [0.25, 0.3) is 0 Å². The first-order chi connectivity index (χ1) is 14.7. The summed E-state index contributed by atoms with van der Waals surface area (Å²) in [5.41, 5.74) is -0.421. The molecule has 0 bridgehead atoms. The van der Waals surface area contributed by atoms with Gasteiger partial charge in [-0.1, -0.05) is 46.8 Å². The number of carbonyl (C=O) groups is 3. The maximum absolute atomic E-state index is 13.4. The van der Waals surface area contributed by atoms with E-state index in [9.17, 15) is 34.0 Å². The van der Waals surface area contributed by atoms with Gasteiger partial charge in [-0.2, -0.15) is 0 Å². The minimum absolute atomic E-state index is 0.0234. The standard InChI is InChI=1S/C22H32FN3O6/c1-13(2)9-15(12-26(31)32)19(27)25-18(22(3,4)5)20(28)24-17(21(29)30)11-14-7-6-8-16(23)10-14/h6-8,10,13,15,17-18H,9,11-12H2,1-5H3,(H,24,28)(H,25,27)(H,29,30)/t15-,17+,18-/m1/s1. The van der Waals surface area contributed by atoms with Crippen LogP contribution in [0.2, 0.25) is 0 Å². The average Bonchev–Trinajstić information content (AvgIpc) is 2.62. The Bertz CT molecular complexity index is 837. The van der Waals surface area contributed by atoms with Gasteiger partial charge in [0.1, 0.15) is 23.8 Å². The number of aliphatic carboxylic acids is 1. The number of carbonyl (C=O) groups excluding carboxylic acids is 2. The van der Waals surface area contributed by atoms with Crippen LogP contribution in [0.25, 0.3) is 0 Å². The molecule has 0 aromatic heterocycles. The fourth-order valence-electron chi connectivity index (χ4n) is 3.30. The van der Waals surface area contributed by atoms with Gasteiger partial charge in [0.2, 0.25) is 18.4 Å². The minimum atomic E-state index is -1.35. The van der Waals surface area contributed by atoms with Crippen molar-refractivity contribution in [2.24, 2.45) is 17.3 Å². The number of hydrogen-bond donors (Lipinski definition) is 3. The van der Waals surface area contributed by atoms with Gasteiger partial charge in [0.05, 0.1) is 0 Å². The number of rotatable bonds is 11. The van der Waals surface area contributed by atoms with E-state index < -0.39 is 58.5 Å². The van der Waals surface area contributed by atoms with Crippen LogP contribution in [0.4, 0.5) is 4.39 Å². The monoisotopic (exact) mass is 453 g/mol. The molecule has 0 aliphatic carbocycles. The number of hydrogen-bond acceptors (Lipinski definition) is 5. The Kier molecular flexibility index (Phi) is 9.74. The van der Waals surface area contributed by atoms with Gasteiger partial charge in [-0.3, -0.25) is 19.7 Å². The predicted molar refractivity (Wildman–Crippen MR) is 116 cm³/mol. The van der Waals surface area contributed by atoms with Gasteiger partial charge in [-0.15, -0.1) is 0 Å².